The van der Waals surface area contributed by atoms with Crippen molar-refractivity contribution in [3.8, 4) is 5.95 Å². The van der Waals surface area contributed by atoms with Crippen molar-refractivity contribution in [1.82, 2.24) is 39.7 Å². The van der Waals surface area contributed by atoms with Gasteiger partial charge >= 0.3 is 0 Å². The molecule has 176 valence electrons. The number of nitrogens with zero attached hydrogens (tertiary/aromatic N) is 7. The van der Waals surface area contributed by atoms with Crippen LogP contribution in [0.15, 0.2) is 55.4 Å². The first kappa shape index (κ1) is 22.6. The van der Waals surface area contributed by atoms with E-state index in [-0.39, 0.29) is 0 Å². The van der Waals surface area contributed by atoms with Crippen LogP contribution in [0.25, 0.3) is 17.0 Å². The van der Waals surface area contributed by atoms with Crippen LogP contribution in [0.5, 0.6) is 0 Å². The van der Waals surface area contributed by atoms with Crippen LogP contribution in [-0.4, -0.2) is 54.0 Å². The van der Waals surface area contributed by atoms with Crippen LogP contribution < -0.4 is 5.32 Å². The summed E-state index contributed by atoms with van der Waals surface area (Å²) in [4.78, 5) is 25.3. The lowest BCUT2D eigenvalue weighted by Gasteiger charge is -2.35. The van der Waals surface area contributed by atoms with Gasteiger partial charge in [0.1, 0.15) is 6.33 Å². The third-order valence-corrected chi connectivity index (χ3v) is 6.47. The van der Waals surface area contributed by atoms with Gasteiger partial charge in [0.2, 0.25) is 5.95 Å². The molecular weight excluding hydrogens is 424 g/mol. The van der Waals surface area contributed by atoms with Gasteiger partial charge in [-0.3, -0.25) is 19.4 Å². The quantitative estimate of drug-likeness (QED) is 0.401. The van der Waals surface area contributed by atoms with Gasteiger partial charge < -0.3 is 5.32 Å². The Kier molecular flexibility index (Phi) is 6.87. The second-order valence-corrected chi connectivity index (χ2v) is 9.25. The number of hydrogen-bond acceptors (Lipinski definition) is 7. The molecule has 3 aromatic heterocycles. The number of rotatable bonds is 8. The molecule has 1 fully saturated rings. The molecule has 8 nitrogen and oxygen atoms in total. The second kappa shape index (κ2) is 10.4. The van der Waals surface area contributed by atoms with Crippen molar-refractivity contribution in [2.24, 2.45) is 0 Å². The molecular formula is C26H32N8. The van der Waals surface area contributed by atoms with Crippen LogP contribution in [0.3, 0.4) is 0 Å². The van der Waals surface area contributed by atoms with Crippen LogP contribution in [0, 0.1) is 0 Å². The SMILES string of the molecule is CC(C)c1cc(C2CCCCN2CCNCc2ccc3nccnc3c2)nc(-n2ccnc2)n1. The zero-order chi connectivity index (χ0) is 23.3. The van der Waals surface area contributed by atoms with Gasteiger partial charge in [0.15, 0.2) is 0 Å². The number of likely N-dealkylation sites (tertiary alicyclic amines) is 1. The number of imidazole rings is 1. The molecule has 0 amide bonds. The van der Waals surface area contributed by atoms with Gasteiger partial charge in [0.05, 0.1) is 22.8 Å². The van der Waals surface area contributed by atoms with E-state index in [9.17, 15) is 0 Å². The fraction of sp³-hybridized carbons (Fsp3) is 0.423. The monoisotopic (exact) mass is 456 g/mol. The maximum Gasteiger partial charge on any atom is 0.235 e. The van der Waals surface area contributed by atoms with Crippen molar-refractivity contribution < 1.29 is 0 Å². The average molecular weight is 457 g/mol. The van der Waals surface area contributed by atoms with Gasteiger partial charge in [0, 0.05) is 50.1 Å². The lowest BCUT2D eigenvalue weighted by atomic mass is 9.97. The fourth-order valence-corrected chi connectivity index (χ4v) is 4.60. The van der Waals surface area contributed by atoms with Crippen LogP contribution in [0.1, 0.15) is 62.0 Å². The van der Waals surface area contributed by atoms with Crippen LogP contribution in [-0.2, 0) is 6.54 Å². The summed E-state index contributed by atoms with van der Waals surface area (Å²) in [5.41, 5.74) is 5.30. The van der Waals surface area contributed by atoms with E-state index in [0.29, 0.717) is 17.9 Å². The molecule has 34 heavy (non-hydrogen) atoms. The van der Waals surface area contributed by atoms with E-state index < -0.39 is 0 Å². The number of nitrogens with one attached hydrogen (secondary N) is 1. The van der Waals surface area contributed by atoms with Crippen molar-refractivity contribution in [2.75, 3.05) is 19.6 Å². The topological polar surface area (TPSA) is 84.6 Å². The number of hydrogen-bond donors (Lipinski definition) is 1. The zero-order valence-electron chi connectivity index (χ0n) is 19.9. The molecule has 1 aliphatic rings. The molecule has 4 aromatic rings. The van der Waals surface area contributed by atoms with Gasteiger partial charge in [-0.1, -0.05) is 26.3 Å². The predicted octanol–water partition coefficient (Wildman–Crippen LogP) is 4.05. The molecule has 8 heteroatoms. The number of piperidine rings is 1. The lowest BCUT2D eigenvalue weighted by molar-refractivity contribution is 0.146. The summed E-state index contributed by atoms with van der Waals surface area (Å²) in [7, 11) is 0. The predicted molar refractivity (Wildman–Crippen MR) is 133 cm³/mol. The molecule has 0 bridgehead atoms. The Morgan fingerprint density at radius 3 is 2.74 bits per heavy atom. The molecule has 0 aliphatic carbocycles. The van der Waals surface area contributed by atoms with Gasteiger partial charge in [-0.2, -0.15) is 0 Å². The van der Waals surface area contributed by atoms with E-state index in [1.807, 2.05) is 16.8 Å². The summed E-state index contributed by atoms with van der Waals surface area (Å²) >= 11 is 0. The number of benzene rings is 1. The Bertz CT molecular complexity index is 1220. The molecule has 0 spiro atoms. The Morgan fingerprint density at radius 2 is 1.91 bits per heavy atom. The molecule has 1 atom stereocenters. The van der Waals surface area contributed by atoms with E-state index in [0.717, 1.165) is 55.0 Å². The molecule has 4 heterocycles. The molecule has 5 rings (SSSR count). The van der Waals surface area contributed by atoms with Crippen molar-refractivity contribution in [1.29, 1.82) is 0 Å². The maximum absolute atomic E-state index is 4.97. The fourth-order valence-electron chi connectivity index (χ4n) is 4.60. The molecule has 0 radical (unpaired) electrons. The first-order chi connectivity index (χ1) is 16.7. The van der Waals surface area contributed by atoms with E-state index in [2.05, 4.69) is 57.2 Å². The van der Waals surface area contributed by atoms with Gasteiger partial charge in [-0.05, 0) is 49.1 Å². The highest BCUT2D eigenvalue weighted by atomic mass is 15.2. The minimum atomic E-state index is 0.314. The van der Waals surface area contributed by atoms with Crippen LogP contribution in [0.4, 0.5) is 0 Å². The first-order valence-corrected chi connectivity index (χ1v) is 12.2. The summed E-state index contributed by atoms with van der Waals surface area (Å²) in [6.45, 7) is 8.20. The summed E-state index contributed by atoms with van der Waals surface area (Å²) in [6, 6.07) is 8.80. The van der Waals surface area contributed by atoms with Crippen LogP contribution in [0.2, 0.25) is 0 Å². The Morgan fingerprint density at radius 1 is 1.03 bits per heavy atom. The minimum Gasteiger partial charge on any atom is -0.311 e. The highest BCUT2D eigenvalue weighted by Crippen LogP contribution is 2.31. The van der Waals surface area contributed by atoms with Crippen molar-refractivity contribution >= 4 is 11.0 Å². The molecule has 1 N–H and O–H groups in total. The normalized spacial score (nSPS) is 17.0. The summed E-state index contributed by atoms with van der Waals surface area (Å²) < 4.78 is 1.90. The minimum absolute atomic E-state index is 0.314. The highest BCUT2D eigenvalue weighted by molar-refractivity contribution is 5.74. The van der Waals surface area contributed by atoms with E-state index in [4.69, 9.17) is 9.97 Å². The Balaban J connectivity index is 1.26. The molecule has 0 saturated carbocycles. The van der Waals surface area contributed by atoms with Crippen molar-refractivity contribution in [3.63, 3.8) is 0 Å². The number of aromatic nitrogens is 6. The molecule has 1 aliphatic heterocycles. The van der Waals surface area contributed by atoms with E-state index >= 15 is 0 Å². The largest absolute Gasteiger partial charge is 0.311 e. The zero-order valence-corrected chi connectivity index (χ0v) is 19.9. The van der Waals surface area contributed by atoms with Gasteiger partial charge in [-0.15, -0.1) is 0 Å². The summed E-state index contributed by atoms with van der Waals surface area (Å²) in [6.07, 6.45) is 12.5. The van der Waals surface area contributed by atoms with Crippen molar-refractivity contribution in [3.05, 3.63) is 72.3 Å². The Hall–Kier alpha value is -3.23. The smallest absolute Gasteiger partial charge is 0.235 e. The lowest BCUT2D eigenvalue weighted by Crippen LogP contribution is -2.38. The van der Waals surface area contributed by atoms with Crippen molar-refractivity contribution in [2.45, 2.75) is 51.6 Å². The molecule has 1 aromatic carbocycles. The third-order valence-electron chi connectivity index (χ3n) is 6.47. The van der Waals surface area contributed by atoms with Crippen LogP contribution >= 0.6 is 0 Å². The number of fused-ring (bicyclic) bond motifs is 1. The van der Waals surface area contributed by atoms with Gasteiger partial charge in [0.25, 0.3) is 0 Å². The summed E-state index contributed by atoms with van der Waals surface area (Å²) in [5.74, 6) is 1.05. The molecule has 1 unspecified atom stereocenters. The average Bonchev–Trinajstić information content (AvgIpc) is 3.42. The highest BCUT2D eigenvalue weighted by Gasteiger charge is 2.26. The van der Waals surface area contributed by atoms with Gasteiger partial charge in [-0.25, -0.2) is 15.0 Å². The summed E-state index contributed by atoms with van der Waals surface area (Å²) in [5, 5.41) is 3.61. The second-order valence-electron chi connectivity index (χ2n) is 9.25. The van der Waals surface area contributed by atoms with E-state index in [1.165, 1.54) is 18.4 Å². The maximum atomic E-state index is 4.97. The Labute approximate surface area is 200 Å². The molecule has 1 saturated heterocycles. The third kappa shape index (κ3) is 5.13. The standard InChI is InChI=1S/C26H32N8/c1-19(2)22-16-24(32-26(31-22)34-14-11-28-18-34)25-5-3-4-12-33(25)13-10-27-17-20-6-7-21-23(15-20)30-9-8-29-21/h6-9,11,14-16,18-19,25,27H,3-5,10,12-13,17H2,1-2H3. The van der Waals surface area contributed by atoms with E-state index in [1.54, 1.807) is 24.9 Å². The first-order valence-electron chi connectivity index (χ1n) is 12.2.